The van der Waals surface area contributed by atoms with E-state index in [9.17, 15) is 4.39 Å². The van der Waals surface area contributed by atoms with Crippen LogP contribution in [0.2, 0.25) is 0 Å². The topological polar surface area (TPSA) is 20.2 Å². The fourth-order valence-electron chi connectivity index (χ4n) is 0.145. The smallest absolute Gasteiger partial charge is 0.112 e. The summed E-state index contributed by atoms with van der Waals surface area (Å²) in [6, 6.07) is 0. The molecule has 0 aliphatic heterocycles. The molecule has 0 aromatic rings. The minimum absolute atomic E-state index is 0.141. The molecule has 0 rings (SSSR count). The quantitative estimate of drug-likeness (QED) is 0.616. The number of aliphatic hydroxyl groups is 1. The van der Waals surface area contributed by atoms with Crippen LogP contribution in [-0.2, 0) is 0 Å². The molecule has 2 unspecified atom stereocenters. The van der Waals surface area contributed by atoms with Crippen molar-refractivity contribution in [1.82, 2.24) is 0 Å². The Kier molecular flexibility index (Phi) is 3.56. The molecule has 2 atom stereocenters. The van der Waals surface area contributed by atoms with Crippen LogP contribution < -0.4 is 0 Å². The van der Waals surface area contributed by atoms with Gasteiger partial charge in [-0.1, -0.05) is 15.9 Å². The summed E-state index contributed by atoms with van der Waals surface area (Å²) in [5, 5.41) is 8.22. The third-order valence-corrected chi connectivity index (χ3v) is 1.69. The highest BCUT2D eigenvalue weighted by molar-refractivity contribution is 9.09. The molecule has 0 spiro atoms. The van der Waals surface area contributed by atoms with E-state index in [1.807, 2.05) is 0 Å². The number of halogens is 2. The average molecular weight is 171 g/mol. The van der Waals surface area contributed by atoms with Crippen molar-refractivity contribution in [3.63, 3.8) is 0 Å². The van der Waals surface area contributed by atoms with Gasteiger partial charge in [-0.15, -0.1) is 0 Å². The zero-order valence-corrected chi connectivity index (χ0v) is 5.65. The van der Waals surface area contributed by atoms with Crippen molar-refractivity contribution in [2.75, 3.05) is 6.61 Å². The Labute approximate surface area is 50.7 Å². The van der Waals surface area contributed by atoms with Crippen LogP contribution in [0, 0.1) is 0 Å². The second-order valence-corrected chi connectivity index (χ2v) is 2.55. The van der Waals surface area contributed by atoms with Crippen LogP contribution in [0.5, 0.6) is 0 Å². The van der Waals surface area contributed by atoms with Crippen molar-refractivity contribution in [2.45, 2.75) is 17.9 Å². The van der Waals surface area contributed by atoms with Gasteiger partial charge in [-0.2, -0.15) is 0 Å². The number of rotatable bonds is 2. The van der Waals surface area contributed by atoms with Gasteiger partial charge in [-0.05, 0) is 6.92 Å². The van der Waals surface area contributed by atoms with Crippen LogP contribution in [-0.4, -0.2) is 22.7 Å². The molecule has 0 radical (unpaired) electrons. The first-order valence-corrected chi connectivity index (χ1v) is 2.99. The molecule has 0 bridgehead atoms. The SMILES string of the molecule is CC(F)C(Br)CO. The van der Waals surface area contributed by atoms with Crippen LogP contribution in [0.25, 0.3) is 0 Å². The van der Waals surface area contributed by atoms with E-state index in [2.05, 4.69) is 15.9 Å². The van der Waals surface area contributed by atoms with Crippen LogP contribution >= 0.6 is 15.9 Å². The van der Waals surface area contributed by atoms with E-state index in [1.54, 1.807) is 0 Å². The van der Waals surface area contributed by atoms with E-state index in [4.69, 9.17) is 5.11 Å². The summed E-state index contributed by atoms with van der Waals surface area (Å²) in [5.41, 5.74) is 0. The van der Waals surface area contributed by atoms with Gasteiger partial charge in [0.05, 0.1) is 11.4 Å². The van der Waals surface area contributed by atoms with E-state index in [-0.39, 0.29) is 6.61 Å². The standard InChI is InChI=1S/C4H8BrFO/c1-3(6)4(5)2-7/h3-4,7H,2H2,1H3. The molecule has 0 saturated carbocycles. The lowest BCUT2D eigenvalue weighted by Gasteiger charge is -2.03. The zero-order valence-electron chi connectivity index (χ0n) is 4.06. The van der Waals surface area contributed by atoms with Crippen LogP contribution in [0.1, 0.15) is 6.92 Å². The highest BCUT2D eigenvalue weighted by Crippen LogP contribution is 2.06. The maximum Gasteiger partial charge on any atom is 0.112 e. The fourth-order valence-corrected chi connectivity index (χ4v) is 0.145. The summed E-state index contributed by atoms with van der Waals surface area (Å²) in [6.45, 7) is 1.26. The first kappa shape index (κ1) is 7.37. The third kappa shape index (κ3) is 3.00. The highest BCUT2D eigenvalue weighted by atomic mass is 79.9. The molecule has 0 amide bonds. The maximum atomic E-state index is 11.9. The Bertz CT molecular complexity index is 49.0. The molecule has 0 aliphatic rings. The lowest BCUT2D eigenvalue weighted by Crippen LogP contribution is -2.15. The van der Waals surface area contributed by atoms with E-state index >= 15 is 0 Å². The zero-order chi connectivity index (χ0) is 5.86. The van der Waals surface area contributed by atoms with Gasteiger partial charge in [0.2, 0.25) is 0 Å². The maximum absolute atomic E-state index is 11.9. The highest BCUT2D eigenvalue weighted by Gasteiger charge is 2.09. The van der Waals surface area contributed by atoms with E-state index in [1.165, 1.54) is 6.92 Å². The molecule has 0 saturated heterocycles. The van der Waals surface area contributed by atoms with Crippen LogP contribution in [0.4, 0.5) is 4.39 Å². The Morgan fingerprint density at radius 2 is 2.29 bits per heavy atom. The van der Waals surface area contributed by atoms with E-state index in [0.717, 1.165) is 0 Å². The summed E-state index contributed by atoms with van der Waals surface area (Å²) in [6.07, 6.45) is -0.968. The molecule has 1 nitrogen and oxygen atoms in total. The first-order valence-electron chi connectivity index (χ1n) is 2.07. The molecule has 0 aromatic carbocycles. The molecule has 44 valence electrons. The average Bonchev–Trinajstić information content (AvgIpc) is 1.65. The van der Waals surface area contributed by atoms with Gasteiger partial charge in [-0.25, -0.2) is 4.39 Å². The second kappa shape index (κ2) is 3.38. The Hall–Kier alpha value is 0.370. The summed E-state index contributed by atoms with van der Waals surface area (Å²) in [5.74, 6) is 0. The number of alkyl halides is 2. The largest absolute Gasteiger partial charge is 0.395 e. The van der Waals surface area contributed by atoms with Gasteiger partial charge < -0.3 is 5.11 Å². The van der Waals surface area contributed by atoms with Crippen molar-refractivity contribution in [1.29, 1.82) is 0 Å². The van der Waals surface area contributed by atoms with Crippen LogP contribution in [0.3, 0.4) is 0 Å². The normalized spacial score (nSPS) is 18.9. The van der Waals surface area contributed by atoms with Gasteiger partial charge >= 0.3 is 0 Å². The Morgan fingerprint density at radius 3 is 2.29 bits per heavy atom. The van der Waals surface area contributed by atoms with Crippen molar-refractivity contribution >= 4 is 15.9 Å². The lowest BCUT2D eigenvalue weighted by atomic mass is 10.3. The van der Waals surface area contributed by atoms with Crippen LogP contribution in [0.15, 0.2) is 0 Å². The summed E-state index contributed by atoms with van der Waals surface area (Å²) >= 11 is 2.92. The molecule has 0 aromatic heterocycles. The van der Waals surface area contributed by atoms with Crippen molar-refractivity contribution in [3.8, 4) is 0 Å². The van der Waals surface area contributed by atoms with Gasteiger partial charge in [0.15, 0.2) is 0 Å². The van der Waals surface area contributed by atoms with Gasteiger partial charge in [0.1, 0.15) is 6.17 Å². The molecular weight excluding hydrogens is 163 g/mol. The predicted molar refractivity (Wildman–Crippen MR) is 30.4 cm³/mol. The molecule has 3 heteroatoms. The molecular formula is C4H8BrFO. The number of aliphatic hydroxyl groups excluding tert-OH is 1. The molecule has 0 fully saturated rings. The summed E-state index contributed by atoms with van der Waals surface area (Å²) in [4.78, 5) is -0.396. The first-order chi connectivity index (χ1) is 3.18. The monoisotopic (exact) mass is 170 g/mol. The lowest BCUT2D eigenvalue weighted by molar-refractivity contribution is 0.242. The van der Waals surface area contributed by atoms with E-state index in [0.29, 0.717) is 0 Å². The van der Waals surface area contributed by atoms with Gasteiger partial charge in [0, 0.05) is 0 Å². The fraction of sp³-hybridized carbons (Fsp3) is 1.00. The summed E-state index contributed by atoms with van der Waals surface area (Å²) in [7, 11) is 0. The van der Waals surface area contributed by atoms with Crippen molar-refractivity contribution in [3.05, 3.63) is 0 Å². The Balaban J connectivity index is 3.14. The van der Waals surface area contributed by atoms with E-state index < -0.39 is 11.0 Å². The second-order valence-electron chi connectivity index (χ2n) is 1.38. The molecule has 0 aliphatic carbocycles. The number of hydrogen-bond donors (Lipinski definition) is 1. The summed E-state index contributed by atoms with van der Waals surface area (Å²) < 4.78 is 11.9. The van der Waals surface area contributed by atoms with Crippen molar-refractivity contribution < 1.29 is 9.50 Å². The molecule has 0 heterocycles. The molecule has 7 heavy (non-hydrogen) atoms. The van der Waals surface area contributed by atoms with Crippen molar-refractivity contribution in [2.24, 2.45) is 0 Å². The number of hydrogen-bond acceptors (Lipinski definition) is 1. The van der Waals surface area contributed by atoms with Gasteiger partial charge in [-0.3, -0.25) is 0 Å². The molecule has 1 N–H and O–H groups in total. The minimum atomic E-state index is -0.968. The van der Waals surface area contributed by atoms with Gasteiger partial charge in [0.25, 0.3) is 0 Å². The predicted octanol–water partition coefficient (Wildman–Crippen LogP) is 1.10. The minimum Gasteiger partial charge on any atom is -0.395 e. The third-order valence-electron chi connectivity index (χ3n) is 0.673. The Morgan fingerprint density at radius 1 is 1.86 bits per heavy atom.